The molecule has 0 saturated carbocycles. The molecule has 0 aliphatic heterocycles. The monoisotopic (exact) mass is 194 g/mol. The van der Waals surface area contributed by atoms with E-state index in [4.69, 9.17) is 4.52 Å². The first-order valence-corrected chi connectivity index (χ1v) is 6.14. The molecule has 1 atom stereocenters. The van der Waals surface area contributed by atoms with Gasteiger partial charge in [0.05, 0.1) is 13.2 Å². The van der Waals surface area contributed by atoms with Crippen molar-refractivity contribution in [2.45, 2.75) is 13.8 Å². The van der Waals surface area contributed by atoms with Crippen LogP contribution in [0.5, 0.6) is 0 Å². The van der Waals surface area contributed by atoms with Crippen LogP contribution in [0.1, 0.15) is 13.8 Å². The maximum absolute atomic E-state index is 11.4. The Hall–Kier alpha value is -0.340. The lowest BCUT2D eigenvalue weighted by molar-refractivity contribution is -0.140. The third-order valence-electron chi connectivity index (χ3n) is 1.12. The fourth-order valence-electron chi connectivity index (χ4n) is 0.760. The van der Waals surface area contributed by atoms with Crippen molar-refractivity contribution in [3.8, 4) is 0 Å². The van der Waals surface area contributed by atoms with E-state index in [1.54, 1.807) is 13.8 Å². The van der Waals surface area contributed by atoms with Gasteiger partial charge in [-0.15, -0.1) is 0 Å². The van der Waals surface area contributed by atoms with Crippen LogP contribution in [0.25, 0.3) is 0 Å². The molecule has 0 spiro atoms. The van der Waals surface area contributed by atoms with Crippen molar-refractivity contribution in [3.05, 3.63) is 0 Å². The van der Waals surface area contributed by atoms with Crippen molar-refractivity contribution in [3.63, 3.8) is 0 Å². The van der Waals surface area contributed by atoms with E-state index in [0.29, 0.717) is 13.2 Å². The van der Waals surface area contributed by atoms with Crippen molar-refractivity contribution in [2.75, 3.05) is 26.0 Å². The number of carbonyl (C=O) groups is 1. The highest BCUT2D eigenvalue weighted by Crippen LogP contribution is 2.41. The number of carbonyl (C=O) groups excluding carboxylic acids is 1. The van der Waals surface area contributed by atoms with E-state index in [1.807, 2.05) is 0 Å². The number of hydrogen-bond donors (Lipinski definition) is 0. The summed E-state index contributed by atoms with van der Waals surface area (Å²) in [5.41, 5.74) is 0. The van der Waals surface area contributed by atoms with Gasteiger partial charge >= 0.3 is 5.97 Å². The zero-order chi connectivity index (χ0) is 9.61. The zero-order valence-corrected chi connectivity index (χ0v) is 8.60. The fraction of sp³-hybridized carbons (Fsp3) is 0.857. The smallest absolute Gasteiger partial charge is 0.315 e. The molecule has 0 heterocycles. The van der Waals surface area contributed by atoms with Crippen LogP contribution in [0.3, 0.4) is 0 Å². The van der Waals surface area contributed by atoms with Gasteiger partial charge in [-0.2, -0.15) is 0 Å². The average Bonchev–Trinajstić information content (AvgIpc) is 1.85. The summed E-state index contributed by atoms with van der Waals surface area (Å²) in [5.74, 6) is -0.461. The molecule has 0 aromatic rings. The standard InChI is InChI=1S/C7H15O4P/c1-4-10-7(8)6-12(3,9)11-5-2/h4-6H2,1-3H3. The normalized spacial score (nSPS) is 15.2. The van der Waals surface area contributed by atoms with Crippen LogP contribution < -0.4 is 0 Å². The molecule has 0 fully saturated rings. The molecule has 0 amide bonds. The van der Waals surface area contributed by atoms with E-state index in [9.17, 15) is 9.36 Å². The second-order valence-electron chi connectivity index (χ2n) is 2.40. The minimum Gasteiger partial charge on any atom is -0.466 e. The van der Waals surface area contributed by atoms with Crippen LogP contribution in [-0.2, 0) is 18.6 Å². The Labute approximate surface area is 72.7 Å². The highest BCUT2D eigenvalue weighted by Gasteiger charge is 2.20. The van der Waals surface area contributed by atoms with Gasteiger partial charge in [0.15, 0.2) is 0 Å². The second kappa shape index (κ2) is 5.33. The SMILES string of the molecule is CCOC(=O)CP(C)(=O)OCC. The number of rotatable bonds is 5. The minimum atomic E-state index is -2.75. The van der Waals surface area contributed by atoms with E-state index < -0.39 is 13.3 Å². The molecular weight excluding hydrogens is 179 g/mol. The van der Waals surface area contributed by atoms with Gasteiger partial charge in [0.2, 0.25) is 7.37 Å². The topological polar surface area (TPSA) is 52.6 Å². The van der Waals surface area contributed by atoms with E-state index in [1.165, 1.54) is 6.66 Å². The Morgan fingerprint density at radius 2 is 1.92 bits per heavy atom. The first kappa shape index (κ1) is 11.7. The molecule has 5 heteroatoms. The van der Waals surface area contributed by atoms with Gasteiger partial charge in [-0.05, 0) is 13.8 Å². The molecular formula is C7H15O4P. The molecule has 4 nitrogen and oxygen atoms in total. The Bertz CT molecular complexity index is 190. The molecule has 0 aromatic carbocycles. The van der Waals surface area contributed by atoms with Gasteiger partial charge in [0.1, 0.15) is 6.16 Å². The Kier molecular flexibility index (Phi) is 5.18. The quantitative estimate of drug-likeness (QED) is 0.491. The van der Waals surface area contributed by atoms with Gasteiger partial charge in [-0.25, -0.2) is 0 Å². The van der Waals surface area contributed by atoms with Crippen molar-refractivity contribution < 1.29 is 18.6 Å². The lowest BCUT2D eigenvalue weighted by Gasteiger charge is -2.10. The van der Waals surface area contributed by atoms with E-state index in [0.717, 1.165) is 0 Å². The highest BCUT2D eigenvalue weighted by atomic mass is 31.2. The molecule has 0 bridgehead atoms. The number of esters is 1. The van der Waals surface area contributed by atoms with Crippen molar-refractivity contribution in [2.24, 2.45) is 0 Å². The predicted molar refractivity (Wildman–Crippen MR) is 46.7 cm³/mol. The summed E-state index contributed by atoms with van der Waals surface area (Å²) in [6, 6.07) is 0. The largest absolute Gasteiger partial charge is 0.466 e. The van der Waals surface area contributed by atoms with Gasteiger partial charge in [0, 0.05) is 6.66 Å². The average molecular weight is 194 g/mol. The molecule has 12 heavy (non-hydrogen) atoms. The molecule has 0 aliphatic carbocycles. The first-order valence-electron chi connectivity index (χ1n) is 3.88. The van der Waals surface area contributed by atoms with Gasteiger partial charge in [-0.3, -0.25) is 9.36 Å². The molecule has 0 rings (SSSR count). The predicted octanol–water partition coefficient (Wildman–Crippen LogP) is 1.49. The Morgan fingerprint density at radius 3 is 2.33 bits per heavy atom. The minimum absolute atomic E-state index is 0.130. The third kappa shape index (κ3) is 5.33. The van der Waals surface area contributed by atoms with E-state index in [-0.39, 0.29) is 6.16 Å². The number of hydrogen-bond acceptors (Lipinski definition) is 4. The van der Waals surface area contributed by atoms with Gasteiger partial charge in [-0.1, -0.05) is 0 Å². The van der Waals surface area contributed by atoms with Crippen molar-refractivity contribution in [1.82, 2.24) is 0 Å². The molecule has 1 unspecified atom stereocenters. The van der Waals surface area contributed by atoms with Crippen molar-refractivity contribution >= 4 is 13.3 Å². The summed E-state index contributed by atoms with van der Waals surface area (Å²) >= 11 is 0. The van der Waals surface area contributed by atoms with Crippen LogP contribution in [0.2, 0.25) is 0 Å². The lowest BCUT2D eigenvalue weighted by Crippen LogP contribution is -2.10. The maximum atomic E-state index is 11.4. The lowest BCUT2D eigenvalue weighted by atomic mass is 10.8. The van der Waals surface area contributed by atoms with Crippen molar-refractivity contribution in [1.29, 1.82) is 0 Å². The highest BCUT2D eigenvalue weighted by molar-refractivity contribution is 7.59. The van der Waals surface area contributed by atoms with E-state index in [2.05, 4.69) is 4.74 Å². The van der Waals surface area contributed by atoms with Crippen LogP contribution in [-0.4, -0.2) is 32.0 Å². The van der Waals surface area contributed by atoms with Crippen LogP contribution in [0, 0.1) is 0 Å². The second-order valence-corrected chi connectivity index (χ2v) is 5.00. The number of ether oxygens (including phenoxy) is 1. The maximum Gasteiger partial charge on any atom is 0.315 e. The summed E-state index contributed by atoms with van der Waals surface area (Å²) in [4.78, 5) is 10.9. The van der Waals surface area contributed by atoms with Crippen LogP contribution >= 0.6 is 7.37 Å². The summed E-state index contributed by atoms with van der Waals surface area (Å²) in [6.45, 7) is 5.55. The van der Waals surface area contributed by atoms with Crippen LogP contribution in [0.15, 0.2) is 0 Å². The summed E-state index contributed by atoms with van der Waals surface area (Å²) < 4.78 is 20.9. The molecule has 0 N–H and O–H groups in total. The molecule has 0 saturated heterocycles. The van der Waals surface area contributed by atoms with E-state index >= 15 is 0 Å². The zero-order valence-electron chi connectivity index (χ0n) is 7.70. The Morgan fingerprint density at radius 1 is 1.33 bits per heavy atom. The summed E-state index contributed by atoms with van der Waals surface area (Å²) in [5, 5.41) is 0. The fourth-order valence-corrected chi connectivity index (χ4v) is 1.96. The molecule has 0 radical (unpaired) electrons. The molecule has 0 aromatic heterocycles. The summed E-state index contributed by atoms with van der Waals surface area (Å²) in [6.07, 6.45) is -0.130. The third-order valence-corrected chi connectivity index (χ3v) is 2.76. The van der Waals surface area contributed by atoms with Gasteiger partial charge < -0.3 is 9.26 Å². The Balaban J connectivity index is 3.88. The molecule has 72 valence electrons. The summed E-state index contributed by atoms with van der Waals surface area (Å²) in [7, 11) is -2.75. The molecule has 0 aliphatic rings. The van der Waals surface area contributed by atoms with Crippen LogP contribution in [0.4, 0.5) is 0 Å². The first-order chi connectivity index (χ1) is 5.52. The van der Waals surface area contributed by atoms with Gasteiger partial charge in [0.25, 0.3) is 0 Å².